The van der Waals surface area contributed by atoms with E-state index in [1.807, 2.05) is 0 Å². The number of hydrogen-bond acceptors (Lipinski definition) is 6. The first-order chi connectivity index (χ1) is 16.2. The number of anilines is 1. The Morgan fingerprint density at radius 1 is 1.18 bits per heavy atom. The number of nitrogens with one attached hydrogen (secondary N) is 1. The van der Waals surface area contributed by atoms with Gasteiger partial charge >= 0.3 is 6.18 Å². The summed E-state index contributed by atoms with van der Waals surface area (Å²) < 4.78 is 38.7. The lowest BCUT2D eigenvalue weighted by atomic mass is 9.85. The standard InChI is InChI=1S/C24H32F3N5OS/c1-16(33)30-18-4-2-17(3-5-18)12-31-8-6-23(13-31)7-9-32(14-23)21-20-10-19(11-24(25,26)27)34-22(20)29-15-28-21/h10,15,17-18H,2-9,11-14H2,1H3,(H,30,33)/t17-,18-,23?. The van der Waals surface area contributed by atoms with Crippen molar-refractivity contribution in [1.29, 1.82) is 0 Å². The summed E-state index contributed by atoms with van der Waals surface area (Å²) in [5, 5.41) is 3.80. The SMILES string of the molecule is CC(=O)N[C@H]1CC[C@H](CN2CCC3(CCN(c4ncnc5sc(CC(F)(F)F)cc45)C3)C2)CC1. The van der Waals surface area contributed by atoms with Gasteiger partial charge in [0, 0.05) is 49.4 Å². The number of amides is 1. The molecule has 1 N–H and O–H groups in total. The highest BCUT2D eigenvalue weighted by Crippen LogP contribution is 2.43. The maximum atomic E-state index is 12.9. The number of aromatic nitrogens is 2. The lowest BCUT2D eigenvalue weighted by molar-refractivity contribution is -0.126. The maximum absolute atomic E-state index is 12.9. The molecule has 1 spiro atoms. The fourth-order valence-electron chi connectivity index (χ4n) is 6.20. The van der Waals surface area contributed by atoms with Gasteiger partial charge in [-0.3, -0.25) is 4.79 Å². The molecule has 10 heteroatoms. The third-order valence-corrected chi connectivity index (χ3v) is 8.80. The fourth-order valence-corrected chi connectivity index (χ4v) is 7.23. The molecular weight excluding hydrogens is 463 g/mol. The van der Waals surface area contributed by atoms with Crippen molar-refractivity contribution in [2.75, 3.05) is 37.6 Å². The van der Waals surface area contributed by atoms with Gasteiger partial charge < -0.3 is 15.1 Å². The predicted octanol–water partition coefficient (Wildman–Crippen LogP) is 4.39. The third kappa shape index (κ3) is 5.32. The van der Waals surface area contributed by atoms with Crippen molar-refractivity contribution in [3.8, 4) is 0 Å². The topological polar surface area (TPSA) is 61.4 Å². The number of carbonyl (C=O) groups excluding carboxylic acids is 1. The van der Waals surface area contributed by atoms with E-state index in [2.05, 4.69) is 25.1 Å². The number of thiophene rings is 1. The summed E-state index contributed by atoms with van der Waals surface area (Å²) in [5.74, 6) is 1.54. The molecule has 1 amide bonds. The molecule has 3 aliphatic rings. The fraction of sp³-hybridized carbons (Fsp3) is 0.708. The molecule has 34 heavy (non-hydrogen) atoms. The minimum atomic E-state index is -4.22. The van der Waals surface area contributed by atoms with Gasteiger partial charge in [-0.25, -0.2) is 9.97 Å². The van der Waals surface area contributed by atoms with Crippen LogP contribution in [0.4, 0.5) is 19.0 Å². The van der Waals surface area contributed by atoms with E-state index in [1.54, 1.807) is 13.0 Å². The van der Waals surface area contributed by atoms with Crippen LogP contribution in [0.3, 0.4) is 0 Å². The molecule has 0 radical (unpaired) electrons. The van der Waals surface area contributed by atoms with Crippen LogP contribution in [0.5, 0.6) is 0 Å². The molecule has 1 unspecified atom stereocenters. The van der Waals surface area contributed by atoms with Crippen molar-refractivity contribution in [2.24, 2.45) is 11.3 Å². The quantitative estimate of drug-likeness (QED) is 0.667. The van der Waals surface area contributed by atoms with Gasteiger partial charge in [-0.2, -0.15) is 13.2 Å². The van der Waals surface area contributed by atoms with Gasteiger partial charge in [0.25, 0.3) is 0 Å². The van der Waals surface area contributed by atoms with Gasteiger partial charge in [-0.15, -0.1) is 11.3 Å². The van der Waals surface area contributed by atoms with Crippen molar-refractivity contribution in [1.82, 2.24) is 20.2 Å². The molecule has 3 fully saturated rings. The number of carbonyl (C=O) groups is 1. The second-order valence-corrected chi connectivity index (χ2v) is 11.6. The molecule has 2 saturated heterocycles. The van der Waals surface area contributed by atoms with Gasteiger partial charge in [0.1, 0.15) is 17.0 Å². The van der Waals surface area contributed by atoms with Crippen LogP contribution in [0, 0.1) is 11.3 Å². The Balaban J connectivity index is 1.19. The van der Waals surface area contributed by atoms with E-state index in [0.717, 1.165) is 93.8 Å². The number of halogens is 3. The minimum Gasteiger partial charge on any atom is -0.355 e. The molecule has 1 atom stereocenters. The summed E-state index contributed by atoms with van der Waals surface area (Å²) in [6.45, 7) is 6.67. The Bertz CT molecular complexity index is 1040. The number of nitrogens with zero attached hydrogens (tertiary/aromatic N) is 4. The second-order valence-electron chi connectivity index (χ2n) is 10.5. The first-order valence-corrected chi connectivity index (χ1v) is 13.0. The second kappa shape index (κ2) is 9.26. The highest BCUT2D eigenvalue weighted by molar-refractivity contribution is 7.18. The van der Waals surface area contributed by atoms with Crippen molar-refractivity contribution in [2.45, 2.75) is 64.1 Å². The largest absolute Gasteiger partial charge is 0.393 e. The molecule has 1 saturated carbocycles. The number of rotatable bonds is 5. The van der Waals surface area contributed by atoms with Crippen LogP contribution in [-0.4, -0.2) is 65.7 Å². The molecule has 2 aromatic rings. The Morgan fingerprint density at radius 3 is 2.68 bits per heavy atom. The van der Waals surface area contributed by atoms with Gasteiger partial charge in [0.15, 0.2) is 0 Å². The predicted molar refractivity (Wildman–Crippen MR) is 127 cm³/mol. The monoisotopic (exact) mass is 495 g/mol. The molecule has 2 aromatic heterocycles. The van der Waals surface area contributed by atoms with Crippen LogP contribution in [0.25, 0.3) is 10.2 Å². The summed E-state index contributed by atoms with van der Waals surface area (Å²) in [4.78, 5) is 25.8. The van der Waals surface area contributed by atoms with E-state index in [1.165, 1.54) is 6.33 Å². The molecule has 1 aliphatic carbocycles. The molecule has 186 valence electrons. The van der Waals surface area contributed by atoms with Crippen LogP contribution in [-0.2, 0) is 11.2 Å². The maximum Gasteiger partial charge on any atom is 0.393 e. The van der Waals surface area contributed by atoms with Gasteiger partial charge in [-0.05, 0) is 57.1 Å². The molecular formula is C24H32F3N5OS. The first-order valence-electron chi connectivity index (χ1n) is 12.2. The van der Waals surface area contributed by atoms with E-state index in [9.17, 15) is 18.0 Å². The highest BCUT2D eigenvalue weighted by Gasteiger charge is 2.44. The summed E-state index contributed by atoms with van der Waals surface area (Å²) >= 11 is 1.11. The lowest BCUT2D eigenvalue weighted by Crippen LogP contribution is -2.39. The molecule has 5 rings (SSSR count). The molecule has 0 bridgehead atoms. The van der Waals surface area contributed by atoms with Crippen molar-refractivity contribution >= 4 is 33.3 Å². The lowest BCUT2D eigenvalue weighted by Gasteiger charge is -2.32. The zero-order valence-corrected chi connectivity index (χ0v) is 20.4. The number of likely N-dealkylation sites (tertiary alicyclic amines) is 1. The summed E-state index contributed by atoms with van der Waals surface area (Å²) in [6, 6.07) is 1.96. The Kier molecular flexibility index (Phi) is 6.48. The van der Waals surface area contributed by atoms with Crippen molar-refractivity contribution in [3.63, 3.8) is 0 Å². The van der Waals surface area contributed by atoms with Crippen molar-refractivity contribution < 1.29 is 18.0 Å². The zero-order valence-electron chi connectivity index (χ0n) is 19.5. The molecule has 4 heterocycles. The van der Waals surface area contributed by atoms with Gasteiger partial charge in [-0.1, -0.05) is 0 Å². The molecule has 0 aromatic carbocycles. The van der Waals surface area contributed by atoms with Crippen LogP contribution in [0.2, 0.25) is 0 Å². The van der Waals surface area contributed by atoms with E-state index in [-0.39, 0.29) is 11.3 Å². The normalized spacial score (nSPS) is 28.3. The third-order valence-electron chi connectivity index (χ3n) is 7.76. The summed E-state index contributed by atoms with van der Waals surface area (Å²) in [7, 11) is 0. The minimum absolute atomic E-state index is 0.0655. The Labute approximate surface area is 201 Å². The smallest absolute Gasteiger partial charge is 0.355 e. The average Bonchev–Trinajstić information content (AvgIpc) is 3.46. The Morgan fingerprint density at radius 2 is 1.94 bits per heavy atom. The van der Waals surface area contributed by atoms with Crippen molar-refractivity contribution in [3.05, 3.63) is 17.3 Å². The zero-order chi connectivity index (χ0) is 23.9. The highest BCUT2D eigenvalue weighted by atomic mass is 32.1. The van der Waals surface area contributed by atoms with E-state index >= 15 is 0 Å². The van der Waals surface area contributed by atoms with Gasteiger partial charge in [0.2, 0.25) is 5.91 Å². The van der Waals surface area contributed by atoms with Crippen LogP contribution < -0.4 is 10.2 Å². The van der Waals surface area contributed by atoms with E-state index in [4.69, 9.17) is 0 Å². The van der Waals surface area contributed by atoms with Crippen LogP contribution in [0.15, 0.2) is 12.4 Å². The summed E-state index contributed by atoms with van der Waals surface area (Å²) in [6.07, 6.45) is 3.05. The number of alkyl halides is 3. The van der Waals surface area contributed by atoms with E-state index < -0.39 is 12.6 Å². The molecule has 6 nitrogen and oxygen atoms in total. The first kappa shape index (κ1) is 23.8. The van der Waals surface area contributed by atoms with Crippen LogP contribution in [0.1, 0.15) is 50.3 Å². The Hall–Kier alpha value is -1.94. The summed E-state index contributed by atoms with van der Waals surface area (Å²) in [5.41, 5.74) is 0.232. The number of hydrogen-bond donors (Lipinski definition) is 1. The average molecular weight is 496 g/mol. The van der Waals surface area contributed by atoms with E-state index in [0.29, 0.717) is 21.7 Å². The number of fused-ring (bicyclic) bond motifs is 1. The van der Waals surface area contributed by atoms with Gasteiger partial charge in [0.05, 0.1) is 11.8 Å². The molecule has 2 aliphatic heterocycles. The van der Waals surface area contributed by atoms with Crippen LogP contribution >= 0.6 is 11.3 Å².